The Morgan fingerprint density at radius 3 is 2.66 bits per heavy atom. The summed E-state index contributed by atoms with van der Waals surface area (Å²) in [6, 6.07) is 17.9. The topological polar surface area (TPSA) is 79.7 Å². The summed E-state index contributed by atoms with van der Waals surface area (Å²) in [6.07, 6.45) is 3.88. The predicted molar refractivity (Wildman–Crippen MR) is 108 cm³/mol. The Labute approximate surface area is 168 Å². The van der Waals surface area contributed by atoms with E-state index in [0.29, 0.717) is 18.9 Å². The fraction of sp³-hybridized carbons (Fsp3) is 0.182. The van der Waals surface area contributed by atoms with Gasteiger partial charge in [0.1, 0.15) is 0 Å². The Balaban J connectivity index is 1.46. The van der Waals surface area contributed by atoms with Crippen molar-refractivity contribution in [3.05, 3.63) is 89.5 Å². The molecule has 0 saturated heterocycles. The van der Waals surface area contributed by atoms with Crippen LogP contribution >= 0.6 is 0 Å². The molecule has 1 atom stereocenters. The largest absolute Gasteiger partial charge is 0.331 e. The molecule has 1 amide bonds. The zero-order valence-corrected chi connectivity index (χ0v) is 16.0. The molecule has 3 heterocycles. The number of hydrogen-bond acceptors (Lipinski definition) is 4. The monoisotopic (exact) mass is 384 g/mol. The van der Waals surface area contributed by atoms with Crippen molar-refractivity contribution < 1.29 is 4.79 Å². The molecule has 7 heteroatoms. The number of H-pyrrole nitrogens is 1. The SMILES string of the molecule is Cn1cc(C2CN(C(=O)c3nnc(-c4ccccc4)[nH]3)Cc3ccccc32)cn1. The van der Waals surface area contributed by atoms with Crippen LogP contribution in [0.1, 0.15) is 33.2 Å². The highest BCUT2D eigenvalue weighted by Crippen LogP contribution is 2.33. The number of fused-ring (bicyclic) bond motifs is 1. The van der Waals surface area contributed by atoms with E-state index in [0.717, 1.165) is 16.7 Å². The summed E-state index contributed by atoms with van der Waals surface area (Å²) < 4.78 is 1.79. The Morgan fingerprint density at radius 2 is 1.86 bits per heavy atom. The molecule has 1 N–H and O–H groups in total. The molecule has 2 aromatic heterocycles. The number of nitrogens with zero attached hydrogens (tertiary/aromatic N) is 5. The highest BCUT2D eigenvalue weighted by Gasteiger charge is 2.31. The van der Waals surface area contributed by atoms with Gasteiger partial charge in [0.2, 0.25) is 5.82 Å². The first kappa shape index (κ1) is 17.4. The van der Waals surface area contributed by atoms with Crippen LogP contribution in [0.4, 0.5) is 0 Å². The second kappa shape index (κ2) is 7.01. The Bertz CT molecular complexity index is 1160. The van der Waals surface area contributed by atoms with Gasteiger partial charge in [0, 0.05) is 37.8 Å². The van der Waals surface area contributed by atoms with Gasteiger partial charge in [-0.3, -0.25) is 9.48 Å². The van der Waals surface area contributed by atoms with E-state index in [1.54, 1.807) is 4.68 Å². The molecule has 1 unspecified atom stereocenters. The lowest BCUT2D eigenvalue weighted by molar-refractivity contribution is 0.0713. The number of hydrogen-bond donors (Lipinski definition) is 1. The molecule has 29 heavy (non-hydrogen) atoms. The van der Waals surface area contributed by atoms with Crippen LogP contribution in [0.5, 0.6) is 0 Å². The molecule has 7 nitrogen and oxygen atoms in total. The van der Waals surface area contributed by atoms with E-state index in [1.807, 2.05) is 66.8 Å². The van der Waals surface area contributed by atoms with Crippen molar-refractivity contribution in [1.82, 2.24) is 29.9 Å². The number of aromatic nitrogens is 5. The third kappa shape index (κ3) is 3.20. The molecule has 0 spiro atoms. The quantitative estimate of drug-likeness (QED) is 0.589. The van der Waals surface area contributed by atoms with E-state index in [-0.39, 0.29) is 17.6 Å². The van der Waals surface area contributed by atoms with Crippen molar-refractivity contribution in [2.45, 2.75) is 12.5 Å². The van der Waals surface area contributed by atoms with Gasteiger partial charge >= 0.3 is 0 Å². The maximum atomic E-state index is 13.2. The van der Waals surface area contributed by atoms with Gasteiger partial charge in [0.05, 0.1) is 6.20 Å². The van der Waals surface area contributed by atoms with Gasteiger partial charge < -0.3 is 9.88 Å². The molecule has 0 saturated carbocycles. The standard InChI is InChI=1S/C22H20N6O/c1-27-12-17(11-23-27)19-14-28(13-16-9-5-6-10-18(16)19)22(29)21-24-20(25-26-21)15-7-3-2-4-8-15/h2-12,19H,13-14H2,1H3,(H,24,25,26). The van der Waals surface area contributed by atoms with Crippen LogP contribution in [0.25, 0.3) is 11.4 Å². The van der Waals surface area contributed by atoms with E-state index in [2.05, 4.69) is 32.4 Å². The average molecular weight is 384 g/mol. The van der Waals surface area contributed by atoms with E-state index < -0.39 is 0 Å². The van der Waals surface area contributed by atoms with Crippen LogP contribution in [0.2, 0.25) is 0 Å². The molecule has 0 aliphatic carbocycles. The molecule has 2 aromatic carbocycles. The number of aryl methyl sites for hydroxylation is 1. The summed E-state index contributed by atoms with van der Waals surface area (Å²) >= 11 is 0. The minimum absolute atomic E-state index is 0.0779. The number of rotatable bonds is 3. The summed E-state index contributed by atoms with van der Waals surface area (Å²) in [4.78, 5) is 18.1. The fourth-order valence-electron chi connectivity index (χ4n) is 3.90. The number of benzene rings is 2. The first-order chi connectivity index (χ1) is 14.2. The Morgan fingerprint density at radius 1 is 1.07 bits per heavy atom. The third-order valence-electron chi connectivity index (χ3n) is 5.35. The van der Waals surface area contributed by atoms with E-state index in [9.17, 15) is 4.79 Å². The smallest absolute Gasteiger partial charge is 0.291 e. The number of carbonyl (C=O) groups excluding carboxylic acids is 1. The average Bonchev–Trinajstić information content (AvgIpc) is 3.42. The molecule has 0 radical (unpaired) electrons. The van der Waals surface area contributed by atoms with Crippen LogP contribution in [0.15, 0.2) is 67.0 Å². The van der Waals surface area contributed by atoms with Crippen LogP contribution in [-0.4, -0.2) is 42.3 Å². The normalized spacial score (nSPS) is 15.9. The number of aromatic amines is 1. The Hall–Kier alpha value is -3.74. The molecule has 0 fully saturated rings. The lowest BCUT2D eigenvalue weighted by Gasteiger charge is -2.33. The number of amides is 1. The first-order valence-electron chi connectivity index (χ1n) is 9.53. The van der Waals surface area contributed by atoms with Gasteiger partial charge in [0.25, 0.3) is 5.91 Å². The summed E-state index contributed by atoms with van der Waals surface area (Å²) in [5, 5.41) is 12.6. The summed E-state index contributed by atoms with van der Waals surface area (Å²) in [5.74, 6) is 0.778. The second-order valence-electron chi connectivity index (χ2n) is 7.27. The molecular weight excluding hydrogens is 364 g/mol. The third-order valence-corrected chi connectivity index (χ3v) is 5.35. The highest BCUT2D eigenvalue weighted by atomic mass is 16.2. The van der Waals surface area contributed by atoms with Crippen LogP contribution < -0.4 is 0 Å². The second-order valence-corrected chi connectivity index (χ2v) is 7.27. The fourth-order valence-corrected chi connectivity index (χ4v) is 3.90. The maximum Gasteiger partial charge on any atom is 0.291 e. The summed E-state index contributed by atoms with van der Waals surface area (Å²) in [6.45, 7) is 1.12. The van der Waals surface area contributed by atoms with Gasteiger partial charge in [-0.15, -0.1) is 10.2 Å². The van der Waals surface area contributed by atoms with Crippen molar-refractivity contribution in [1.29, 1.82) is 0 Å². The van der Waals surface area contributed by atoms with Gasteiger partial charge in [0.15, 0.2) is 5.82 Å². The molecule has 144 valence electrons. The van der Waals surface area contributed by atoms with Crippen molar-refractivity contribution >= 4 is 5.91 Å². The van der Waals surface area contributed by atoms with Gasteiger partial charge in [-0.05, 0) is 16.7 Å². The first-order valence-corrected chi connectivity index (χ1v) is 9.53. The molecule has 4 aromatic rings. The van der Waals surface area contributed by atoms with E-state index in [4.69, 9.17) is 0 Å². The summed E-state index contributed by atoms with van der Waals surface area (Å²) in [5.41, 5.74) is 4.38. The van der Waals surface area contributed by atoms with Crippen LogP contribution in [0, 0.1) is 0 Å². The van der Waals surface area contributed by atoms with Crippen molar-refractivity contribution in [3.63, 3.8) is 0 Å². The number of carbonyl (C=O) groups is 1. The van der Waals surface area contributed by atoms with Crippen molar-refractivity contribution in [2.24, 2.45) is 7.05 Å². The Kier molecular flexibility index (Phi) is 4.20. The van der Waals surface area contributed by atoms with Gasteiger partial charge in [-0.2, -0.15) is 5.10 Å². The zero-order chi connectivity index (χ0) is 19.8. The van der Waals surface area contributed by atoms with Crippen molar-refractivity contribution in [2.75, 3.05) is 6.54 Å². The molecule has 0 bridgehead atoms. The minimum Gasteiger partial charge on any atom is -0.331 e. The van der Waals surface area contributed by atoms with Gasteiger partial charge in [-0.1, -0.05) is 54.6 Å². The van der Waals surface area contributed by atoms with Crippen LogP contribution in [0.3, 0.4) is 0 Å². The molecule has 1 aliphatic heterocycles. The zero-order valence-electron chi connectivity index (χ0n) is 16.0. The molecule has 1 aliphatic rings. The maximum absolute atomic E-state index is 13.2. The minimum atomic E-state index is -0.150. The van der Waals surface area contributed by atoms with Gasteiger partial charge in [-0.25, -0.2) is 0 Å². The summed E-state index contributed by atoms with van der Waals surface area (Å²) in [7, 11) is 1.90. The highest BCUT2D eigenvalue weighted by molar-refractivity contribution is 5.91. The lowest BCUT2D eigenvalue weighted by atomic mass is 9.86. The predicted octanol–water partition coefficient (Wildman–Crippen LogP) is 2.99. The van der Waals surface area contributed by atoms with Crippen LogP contribution in [-0.2, 0) is 13.6 Å². The number of nitrogens with one attached hydrogen (secondary N) is 1. The van der Waals surface area contributed by atoms with E-state index >= 15 is 0 Å². The van der Waals surface area contributed by atoms with Crippen molar-refractivity contribution in [3.8, 4) is 11.4 Å². The lowest BCUT2D eigenvalue weighted by Crippen LogP contribution is -2.39. The molecule has 5 rings (SSSR count). The molecular formula is C22H20N6O. The van der Waals surface area contributed by atoms with E-state index in [1.165, 1.54) is 5.56 Å².